The summed E-state index contributed by atoms with van der Waals surface area (Å²) in [6, 6.07) is 7.76. The first kappa shape index (κ1) is 16.0. The predicted molar refractivity (Wildman–Crippen MR) is 94.4 cm³/mol. The van der Waals surface area contributed by atoms with Gasteiger partial charge in [0.15, 0.2) is 5.58 Å². The molecule has 2 N–H and O–H groups in total. The van der Waals surface area contributed by atoms with Crippen molar-refractivity contribution in [3.63, 3.8) is 0 Å². The third kappa shape index (κ3) is 3.46. The van der Waals surface area contributed by atoms with Crippen LogP contribution < -0.4 is 10.2 Å². The number of carbonyl (C=O) groups is 1. The monoisotopic (exact) mass is 359 g/mol. The van der Waals surface area contributed by atoms with E-state index in [9.17, 15) is 4.79 Å². The van der Waals surface area contributed by atoms with Crippen molar-refractivity contribution in [2.75, 3.05) is 18.0 Å². The first-order valence-corrected chi connectivity index (χ1v) is 8.64. The number of oxazole rings is 1. The van der Waals surface area contributed by atoms with E-state index in [1.54, 1.807) is 18.3 Å². The van der Waals surface area contributed by atoms with E-state index in [4.69, 9.17) is 16.0 Å². The van der Waals surface area contributed by atoms with E-state index in [1.807, 2.05) is 17.0 Å². The van der Waals surface area contributed by atoms with Crippen LogP contribution in [0.3, 0.4) is 0 Å². The van der Waals surface area contributed by atoms with Crippen LogP contribution in [0.1, 0.15) is 18.5 Å². The van der Waals surface area contributed by atoms with Gasteiger partial charge in [-0.1, -0.05) is 11.6 Å². The van der Waals surface area contributed by atoms with Gasteiger partial charge in [-0.25, -0.2) is 0 Å². The van der Waals surface area contributed by atoms with E-state index in [0.717, 1.165) is 30.6 Å². The number of aromatic amines is 1. The highest BCUT2D eigenvalue weighted by molar-refractivity contribution is 6.31. The molecule has 0 bridgehead atoms. The zero-order chi connectivity index (χ0) is 17.2. The van der Waals surface area contributed by atoms with Crippen LogP contribution in [0.25, 0.3) is 11.1 Å². The molecule has 1 aliphatic heterocycles. The highest BCUT2D eigenvalue weighted by Crippen LogP contribution is 2.28. The van der Waals surface area contributed by atoms with Gasteiger partial charge in [0.1, 0.15) is 5.52 Å². The largest absolute Gasteiger partial charge is 0.423 e. The molecule has 1 aliphatic rings. The van der Waals surface area contributed by atoms with E-state index in [1.165, 1.54) is 0 Å². The van der Waals surface area contributed by atoms with Gasteiger partial charge in [-0.2, -0.15) is 10.1 Å². The lowest BCUT2D eigenvalue weighted by Crippen LogP contribution is -2.43. The van der Waals surface area contributed by atoms with Gasteiger partial charge in [0.2, 0.25) is 5.91 Å². The molecule has 1 aromatic carbocycles. The summed E-state index contributed by atoms with van der Waals surface area (Å²) in [5.74, 6) is -0.0475. The standard InChI is InChI=1S/C17H18ClN5O2/c18-12-3-4-15-14(8-12)21-17(25-15)23-7-1-2-11(10-23)16(24)19-9-13-5-6-20-22-13/h3-6,8,11H,1-2,7,9-10H2,(H,19,24)(H,20,22). The summed E-state index contributed by atoms with van der Waals surface area (Å²) in [4.78, 5) is 19.0. The normalized spacial score (nSPS) is 17.8. The van der Waals surface area contributed by atoms with E-state index in [-0.39, 0.29) is 11.8 Å². The fourth-order valence-electron chi connectivity index (χ4n) is 3.10. The van der Waals surface area contributed by atoms with Crippen molar-refractivity contribution < 1.29 is 9.21 Å². The number of hydrogen-bond donors (Lipinski definition) is 2. The second-order valence-corrected chi connectivity index (χ2v) is 6.63. The second kappa shape index (κ2) is 6.76. The Morgan fingerprint density at radius 2 is 2.36 bits per heavy atom. The lowest BCUT2D eigenvalue weighted by molar-refractivity contribution is -0.125. The minimum atomic E-state index is -0.0877. The molecule has 0 spiro atoms. The number of amides is 1. The number of piperidine rings is 1. The molecule has 2 aromatic heterocycles. The van der Waals surface area contributed by atoms with Gasteiger partial charge < -0.3 is 14.6 Å². The summed E-state index contributed by atoms with van der Waals surface area (Å²) >= 11 is 6.00. The molecule has 7 nitrogen and oxygen atoms in total. The van der Waals surface area contributed by atoms with Crippen LogP contribution >= 0.6 is 11.6 Å². The number of halogens is 1. The van der Waals surface area contributed by atoms with E-state index in [2.05, 4.69) is 20.5 Å². The second-order valence-electron chi connectivity index (χ2n) is 6.19. The summed E-state index contributed by atoms with van der Waals surface area (Å²) in [6.07, 6.45) is 3.45. The minimum absolute atomic E-state index is 0.0402. The highest BCUT2D eigenvalue weighted by atomic mass is 35.5. The molecule has 3 aromatic rings. The number of anilines is 1. The molecule has 1 fully saturated rings. The summed E-state index contributed by atoms with van der Waals surface area (Å²) < 4.78 is 5.82. The average molecular weight is 360 g/mol. The maximum Gasteiger partial charge on any atom is 0.298 e. The number of benzene rings is 1. The number of H-pyrrole nitrogens is 1. The van der Waals surface area contributed by atoms with Crippen LogP contribution in [-0.4, -0.2) is 34.2 Å². The van der Waals surface area contributed by atoms with Gasteiger partial charge >= 0.3 is 0 Å². The first-order chi connectivity index (χ1) is 12.2. The van der Waals surface area contributed by atoms with Crippen molar-refractivity contribution in [1.29, 1.82) is 0 Å². The van der Waals surface area contributed by atoms with Crippen molar-refractivity contribution in [1.82, 2.24) is 20.5 Å². The maximum absolute atomic E-state index is 12.4. The Balaban J connectivity index is 1.43. The van der Waals surface area contributed by atoms with Crippen molar-refractivity contribution in [3.8, 4) is 0 Å². The Morgan fingerprint density at radius 3 is 3.20 bits per heavy atom. The molecule has 4 rings (SSSR count). The fraction of sp³-hybridized carbons (Fsp3) is 0.353. The molecule has 25 heavy (non-hydrogen) atoms. The molecule has 1 unspecified atom stereocenters. The van der Waals surface area contributed by atoms with Crippen molar-refractivity contribution in [3.05, 3.63) is 41.2 Å². The quantitative estimate of drug-likeness (QED) is 0.748. The molecule has 0 saturated carbocycles. The lowest BCUT2D eigenvalue weighted by Gasteiger charge is -2.30. The van der Waals surface area contributed by atoms with Crippen molar-refractivity contribution in [2.24, 2.45) is 5.92 Å². The average Bonchev–Trinajstić information content (AvgIpc) is 3.28. The summed E-state index contributed by atoms with van der Waals surface area (Å²) in [5, 5.41) is 10.3. The van der Waals surface area contributed by atoms with E-state index >= 15 is 0 Å². The van der Waals surface area contributed by atoms with E-state index in [0.29, 0.717) is 29.7 Å². The number of hydrogen-bond acceptors (Lipinski definition) is 5. The molecule has 3 heterocycles. The lowest BCUT2D eigenvalue weighted by atomic mass is 9.97. The molecule has 130 valence electrons. The van der Waals surface area contributed by atoms with Gasteiger partial charge in [0.05, 0.1) is 18.2 Å². The molecular weight excluding hydrogens is 342 g/mol. The summed E-state index contributed by atoms with van der Waals surface area (Å²) in [6.45, 7) is 1.87. The molecule has 1 saturated heterocycles. The van der Waals surface area contributed by atoms with Crippen LogP contribution in [-0.2, 0) is 11.3 Å². The molecule has 1 atom stereocenters. The van der Waals surface area contributed by atoms with Crippen molar-refractivity contribution >= 4 is 34.6 Å². The maximum atomic E-state index is 12.4. The van der Waals surface area contributed by atoms with Gasteiger partial charge in [-0.05, 0) is 37.1 Å². The van der Waals surface area contributed by atoms with Crippen LogP contribution in [0.2, 0.25) is 5.02 Å². The molecule has 0 aliphatic carbocycles. The Morgan fingerprint density at radius 1 is 1.44 bits per heavy atom. The van der Waals surface area contributed by atoms with Crippen LogP contribution in [0, 0.1) is 5.92 Å². The fourth-order valence-corrected chi connectivity index (χ4v) is 3.26. The Bertz CT molecular complexity index is 876. The number of rotatable bonds is 4. The zero-order valence-corrected chi connectivity index (χ0v) is 14.3. The van der Waals surface area contributed by atoms with Gasteiger partial charge in [-0.15, -0.1) is 0 Å². The first-order valence-electron chi connectivity index (χ1n) is 8.26. The highest BCUT2D eigenvalue weighted by Gasteiger charge is 2.28. The number of nitrogens with one attached hydrogen (secondary N) is 2. The smallest absolute Gasteiger partial charge is 0.298 e. The number of fused-ring (bicyclic) bond motifs is 1. The molecule has 0 radical (unpaired) electrons. The number of nitrogens with zero attached hydrogens (tertiary/aromatic N) is 3. The Kier molecular flexibility index (Phi) is 4.31. The van der Waals surface area contributed by atoms with Crippen LogP contribution in [0.5, 0.6) is 0 Å². The predicted octanol–water partition coefficient (Wildman–Crippen LogP) is 2.74. The van der Waals surface area contributed by atoms with Gasteiger partial charge in [-0.3, -0.25) is 9.89 Å². The number of aromatic nitrogens is 3. The van der Waals surface area contributed by atoms with Crippen LogP contribution in [0.15, 0.2) is 34.9 Å². The summed E-state index contributed by atoms with van der Waals surface area (Å²) in [5.41, 5.74) is 2.32. The third-order valence-corrected chi connectivity index (χ3v) is 4.65. The van der Waals surface area contributed by atoms with Gasteiger partial charge in [0, 0.05) is 24.3 Å². The zero-order valence-electron chi connectivity index (χ0n) is 13.5. The SMILES string of the molecule is O=C(NCc1ccn[nH]1)C1CCCN(c2nc3cc(Cl)ccc3o2)C1. The summed E-state index contributed by atoms with van der Waals surface area (Å²) in [7, 11) is 0. The molecule has 8 heteroatoms. The van der Waals surface area contributed by atoms with Gasteiger partial charge in [0.25, 0.3) is 6.01 Å². The molecule has 1 amide bonds. The topological polar surface area (TPSA) is 87.0 Å². The van der Waals surface area contributed by atoms with Crippen molar-refractivity contribution in [2.45, 2.75) is 19.4 Å². The Hall–Kier alpha value is -2.54. The number of carbonyl (C=O) groups excluding carboxylic acids is 1. The molecular formula is C17H18ClN5O2. The minimum Gasteiger partial charge on any atom is -0.423 e. The Labute approximate surface area is 149 Å². The third-order valence-electron chi connectivity index (χ3n) is 4.41. The van der Waals surface area contributed by atoms with Crippen LogP contribution in [0.4, 0.5) is 6.01 Å². The van der Waals surface area contributed by atoms with E-state index < -0.39 is 0 Å².